The van der Waals surface area contributed by atoms with E-state index in [4.69, 9.17) is 9.47 Å². The highest BCUT2D eigenvalue weighted by atomic mass is 32.2. The molecule has 1 aliphatic heterocycles. The zero-order valence-electron chi connectivity index (χ0n) is 10.1. The second kappa shape index (κ2) is 6.76. The monoisotopic (exact) mass is 262 g/mol. The Hall–Kier alpha value is -0.880. The van der Waals surface area contributed by atoms with Crippen LogP contribution in [-0.4, -0.2) is 38.1 Å². The first kappa shape index (κ1) is 14.2. The van der Waals surface area contributed by atoms with Crippen LogP contribution < -0.4 is 0 Å². The molecule has 1 fully saturated rings. The molecule has 1 heterocycles. The second-order valence-electron chi connectivity index (χ2n) is 3.94. The van der Waals surface area contributed by atoms with Gasteiger partial charge in [0.15, 0.2) is 4.86 Å². The van der Waals surface area contributed by atoms with E-state index in [1.165, 1.54) is 0 Å². The summed E-state index contributed by atoms with van der Waals surface area (Å²) in [7, 11) is -2.48. The topological polar surface area (TPSA) is 73.0 Å². The van der Waals surface area contributed by atoms with E-state index in [1.807, 2.05) is 0 Å². The maximum Gasteiger partial charge on any atom is 0.349 e. The van der Waals surface area contributed by atoms with Gasteiger partial charge < -0.3 is 9.47 Å². The van der Waals surface area contributed by atoms with E-state index in [1.54, 1.807) is 6.92 Å². The second-order valence-corrected chi connectivity index (χ2v) is 4.90. The molecule has 1 rings (SSSR count). The predicted molar refractivity (Wildman–Crippen MR) is 63.4 cm³/mol. The fourth-order valence-corrected chi connectivity index (χ4v) is 2.08. The van der Waals surface area contributed by atoms with E-state index >= 15 is 0 Å². The third kappa shape index (κ3) is 4.47. The van der Waals surface area contributed by atoms with Gasteiger partial charge in [0.1, 0.15) is 0 Å². The minimum absolute atomic E-state index is 0.160. The van der Waals surface area contributed by atoms with Crippen LogP contribution in [0, 0.1) is 0 Å². The molecule has 0 saturated carbocycles. The van der Waals surface area contributed by atoms with Crippen molar-refractivity contribution in [2.75, 3.05) is 6.61 Å². The minimum atomic E-state index is -2.48. The molecule has 0 spiro atoms. The lowest BCUT2D eigenvalue weighted by molar-refractivity contribution is -0.135. The van der Waals surface area contributed by atoms with Crippen molar-refractivity contribution in [3.05, 3.63) is 0 Å². The van der Waals surface area contributed by atoms with Crippen molar-refractivity contribution in [1.82, 2.24) is 0 Å². The number of esters is 1. The molecule has 0 bridgehead atoms. The number of ether oxygens (including phenoxy) is 2. The number of hydrogen-bond donors (Lipinski definition) is 0. The molecule has 98 valence electrons. The van der Waals surface area contributed by atoms with Gasteiger partial charge in [-0.05, 0) is 12.8 Å². The van der Waals surface area contributed by atoms with Crippen LogP contribution in [0.15, 0.2) is 0 Å². The Bertz CT molecular complexity index is 390. The summed E-state index contributed by atoms with van der Waals surface area (Å²) in [5.74, 6) is -0.742. The number of hydrogen-bond acceptors (Lipinski definition) is 5. The van der Waals surface area contributed by atoms with Crippen LogP contribution in [0.2, 0.25) is 0 Å². The third-order valence-corrected chi connectivity index (χ3v) is 3.50. The van der Waals surface area contributed by atoms with Gasteiger partial charge in [-0.25, -0.2) is 4.79 Å². The molecule has 1 saturated heterocycles. The fourth-order valence-electron chi connectivity index (χ4n) is 1.65. The zero-order valence-corrected chi connectivity index (χ0v) is 11.0. The molecule has 2 unspecified atom stereocenters. The van der Waals surface area contributed by atoms with Gasteiger partial charge in [0.25, 0.3) is 0 Å². The fraction of sp³-hybridized carbons (Fsp3) is 0.818. The molecule has 0 radical (unpaired) electrons. The van der Waals surface area contributed by atoms with E-state index in [0.717, 1.165) is 12.8 Å². The van der Waals surface area contributed by atoms with Crippen molar-refractivity contribution in [2.45, 2.75) is 51.7 Å². The lowest BCUT2D eigenvalue weighted by Crippen LogP contribution is -2.19. The summed E-state index contributed by atoms with van der Waals surface area (Å²) in [5.41, 5.74) is 0. The number of carbonyl (C=O) groups is 1. The number of epoxide rings is 1. The summed E-state index contributed by atoms with van der Waals surface area (Å²) < 4.78 is 31.6. The van der Waals surface area contributed by atoms with Crippen LogP contribution in [0.4, 0.5) is 0 Å². The Labute approximate surface area is 103 Å². The third-order valence-electron chi connectivity index (χ3n) is 2.65. The molecule has 0 aromatic carbocycles. The zero-order chi connectivity index (χ0) is 12.8. The Balaban J connectivity index is 2.24. The molecule has 0 aromatic rings. The van der Waals surface area contributed by atoms with Gasteiger partial charge in [-0.2, -0.15) is 8.42 Å². The molecule has 17 heavy (non-hydrogen) atoms. The van der Waals surface area contributed by atoms with E-state index in [-0.39, 0.29) is 24.0 Å². The van der Waals surface area contributed by atoms with E-state index in [2.05, 4.69) is 6.92 Å². The van der Waals surface area contributed by atoms with Gasteiger partial charge in [0.05, 0.1) is 18.8 Å². The van der Waals surface area contributed by atoms with Gasteiger partial charge in [-0.3, -0.25) is 0 Å². The summed E-state index contributed by atoms with van der Waals surface area (Å²) in [6.07, 6.45) is 3.36. The summed E-state index contributed by atoms with van der Waals surface area (Å²) in [6, 6.07) is 0. The first-order valence-electron chi connectivity index (χ1n) is 5.87. The summed E-state index contributed by atoms with van der Waals surface area (Å²) in [6.45, 7) is 3.91. The Morgan fingerprint density at radius 2 is 1.88 bits per heavy atom. The molecular weight excluding hydrogens is 244 g/mol. The number of rotatable bonds is 7. The molecular formula is C11H18O5S. The van der Waals surface area contributed by atoms with Crippen molar-refractivity contribution in [2.24, 2.45) is 0 Å². The largest absolute Gasteiger partial charge is 0.462 e. The Kier molecular flexibility index (Phi) is 5.64. The van der Waals surface area contributed by atoms with Crippen molar-refractivity contribution < 1.29 is 22.7 Å². The molecule has 0 aliphatic carbocycles. The van der Waals surface area contributed by atoms with Crippen LogP contribution in [-0.2, 0) is 24.6 Å². The lowest BCUT2D eigenvalue weighted by atomic mass is 10.2. The predicted octanol–water partition coefficient (Wildman–Crippen LogP) is 0.949. The highest BCUT2D eigenvalue weighted by Crippen LogP contribution is 2.29. The Morgan fingerprint density at radius 3 is 2.41 bits per heavy atom. The molecule has 1 aliphatic rings. The van der Waals surface area contributed by atoms with Crippen molar-refractivity contribution in [1.29, 1.82) is 0 Å². The van der Waals surface area contributed by atoms with Crippen LogP contribution in [0.5, 0.6) is 0 Å². The van der Waals surface area contributed by atoms with Crippen LogP contribution in [0.3, 0.4) is 0 Å². The lowest BCUT2D eigenvalue weighted by Gasteiger charge is -2.02. The number of carbonyl (C=O) groups excluding carboxylic acids is 1. The standard InChI is InChI=1S/C11H18O5S/c1-3-5-8-9(16-8)6-7-15-11(12)10(4-2)17(13)14/h8-9H,3-7H2,1-2H3. The van der Waals surface area contributed by atoms with Crippen LogP contribution in [0.1, 0.15) is 39.5 Å². The molecule has 2 atom stereocenters. The van der Waals surface area contributed by atoms with Gasteiger partial charge in [0, 0.05) is 6.42 Å². The molecule has 6 heteroatoms. The van der Waals surface area contributed by atoms with Crippen molar-refractivity contribution in [3.8, 4) is 0 Å². The summed E-state index contributed by atoms with van der Waals surface area (Å²) >= 11 is 0. The van der Waals surface area contributed by atoms with Crippen LogP contribution in [0.25, 0.3) is 0 Å². The average Bonchev–Trinajstić information content (AvgIpc) is 2.97. The average molecular weight is 262 g/mol. The molecule has 0 N–H and O–H groups in total. The highest BCUT2D eigenvalue weighted by molar-refractivity contribution is 7.74. The van der Waals surface area contributed by atoms with Crippen LogP contribution >= 0.6 is 0 Å². The molecule has 0 aromatic heterocycles. The minimum Gasteiger partial charge on any atom is -0.462 e. The van der Waals surface area contributed by atoms with E-state index in [0.29, 0.717) is 12.5 Å². The smallest absolute Gasteiger partial charge is 0.349 e. The van der Waals surface area contributed by atoms with Gasteiger partial charge in [-0.15, -0.1) is 0 Å². The van der Waals surface area contributed by atoms with E-state index < -0.39 is 16.3 Å². The maximum absolute atomic E-state index is 11.3. The molecule has 0 amide bonds. The van der Waals surface area contributed by atoms with Crippen molar-refractivity contribution >= 4 is 21.1 Å². The van der Waals surface area contributed by atoms with E-state index in [9.17, 15) is 13.2 Å². The van der Waals surface area contributed by atoms with Gasteiger partial charge in [-0.1, -0.05) is 20.3 Å². The summed E-state index contributed by atoms with van der Waals surface area (Å²) in [5, 5.41) is 0. The molecule has 5 nitrogen and oxygen atoms in total. The maximum atomic E-state index is 11.3. The van der Waals surface area contributed by atoms with Gasteiger partial charge >= 0.3 is 5.97 Å². The Morgan fingerprint density at radius 1 is 1.24 bits per heavy atom. The SMILES string of the molecule is CCCC1OC1CCOC(=O)C(CC)=S(=O)=O. The highest BCUT2D eigenvalue weighted by Gasteiger charge is 2.37. The normalized spacial score (nSPS) is 22.0. The summed E-state index contributed by atoms with van der Waals surface area (Å²) in [4.78, 5) is 11.1. The van der Waals surface area contributed by atoms with Gasteiger partial charge in [0.2, 0.25) is 10.3 Å². The first-order chi connectivity index (χ1) is 8.10. The quantitative estimate of drug-likeness (QED) is 0.388. The van der Waals surface area contributed by atoms with Crippen molar-refractivity contribution in [3.63, 3.8) is 0 Å². The first-order valence-corrected chi connectivity index (χ1v) is 6.95.